The zero-order valence-electron chi connectivity index (χ0n) is 12.1. The lowest BCUT2D eigenvalue weighted by Crippen LogP contribution is -2.37. The number of rotatable bonds is 9. The Bertz CT molecular complexity index is 454. The first-order valence-corrected chi connectivity index (χ1v) is 7.57. The summed E-state index contributed by atoms with van der Waals surface area (Å²) in [6, 6.07) is 9.75. The van der Waals surface area contributed by atoms with Crippen LogP contribution in [0.2, 0.25) is 0 Å². The molecule has 0 heterocycles. The van der Waals surface area contributed by atoms with Crippen molar-refractivity contribution in [2.75, 3.05) is 32.6 Å². The zero-order valence-corrected chi connectivity index (χ0v) is 12.9. The van der Waals surface area contributed by atoms with Crippen LogP contribution in [0.1, 0.15) is 6.42 Å². The van der Waals surface area contributed by atoms with Gasteiger partial charge in [-0.1, -0.05) is 23.4 Å². The minimum atomic E-state index is 0.00615. The van der Waals surface area contributed by atoms with Crippen molar-refractivity contribution in [3.05, 3.63) is 30.3 Å². The lowest BCUT2D eigenvalue weighted by molar-refractivity contribution is -0.128. The van der Waals surface area contributed by atoms with E-state index in [1.54, 1.807) is 12.0 Å². The number of thioether (sulfide) groups is 1. The fourth-order valence-corrected chi connectivity index (χ4v) is 2.44. The Morgan fingerprint density at radius 3 is 2.71 bits per heavy atom. The molecule has 0 aliphatic heterocycles. The monoisotopic (exact) mass is 311 g/mol. The van der Waals surface area contributed by atoms with E-state index in [-0.39, 0.29) is 11.7 Å². The summed E-state index contributed by atoms with van der Waals surface area (Å²) >= 11 is 1.49. The molecule has 0 fully saturated rings. The molecule has 1 amide bonds. The van der Waals surface area contributed by atoms with Gasteiger partial charge < -0.3 is 20.6 Å². The number of nitrogens with zero attached hydrogens (tertiary/aromatic N) is 2. The molecule has 0 bridgehead atoms. The largest absolute Gasteiger partial charge is 0.409 e. The van der Waals surface area contributed by atoms with Gasteiger partial charge in [-0.25, -0.2) is 0 Å². The summed E-state index contributed by atoms with van der Waals surface area (Å²) in [5, 5.41) is 11.5. The van der Waals surface area contributed by atoms with Crippen LogP contribution in [0.15, 0.2) is 40.4 Å². The van der Waals surface area contributed by atoms with E-state index in [4.69, 9.17) is 15.7 Å². The molecule has 0 aliphatic carbocycles. The Kier molecular flexibility index (Phi) is 8.30. The van der Waals surface area contributed by atoms with E-state index in [0.717, 1.165) is 4.90 Å². The molecule has 7 heteroatoms. The van der Waals surface area contributed by atoms with E-state index in [9.17, 15) is 4.79 Å². The summed E-state index contributed by atoms with van der Waals surface area (Å²) in [7, 11) is 1.59. The van der Waals surface area contributed by atoms with E-state index in [2.05, 4.69) is 5.16 Å². The maximum atomic E-state index is 12.2. The number of benzene rings is 1. The summed E-state index contributed by atoms with van der Waals surface area (Å²) in [6.07, 6.45) is 0.335. The average molecular weight is 311 g/mol. The van der Waals surface area contributed by atoms with Crippen LogP contribution < -0.4 is 5.73 Å². The average Bonchev–Trinajstić information content (AvgIpc) is 2.53. The van der Waals surface area contributed by atoms with Gasteiger partial charge in [0.2, 0.25) is 5.91 Å². The summed E-state index contributed by atoms with van der Waals surface area (Å²) in [5.74, 6) is 0.469. The van der Waals surface area contributed by atoms with Gasteiger partial charge in [0.25, 0.3) is 0 Å². The van der Waals surface area contributed by atoms with Crippen molar-refractivity contribution in [2.24, 2.45) is 10.9 Å². The van der Waals surface area contributed by atoms with E-state index in [1.807, 2.05) is 30.3 Å². The van der Waals surface area contributed by atoms with Crippen molar-refractivity contribution in [2.45, 2.75) is 11.3 Å². The maximum Gasteiger partial charge on any atom is 0.233 e. The molecular weight excluding hydrogens is 290 g/mol. The molecule has 6 nitrogen and oxygen atoms in total. The molecule has 0 saturated carbocycles. The predicted octanol–water partition coefficient (Wildman–Crippen LogP) is 1.39. The number of amidine groups is 1. The van der Waals surface area contributed by atoms with Gasteiger partial charge >= 0.3 is 0 Å². The zero-order chi connectivity index (χ0) is 15.5. The van der Waals surface area contributed by atoms with Crippen molar-refractivity contribution < 1.29 is 14.7 Å². The van der Waals surface area contributed by atoms with Gasteiger partial charge in [0.05, 0.1) is 12.4 Å². The number of amides is 1. The van der Waals surface area contributed by atoms with Crippen LogP contribution in [0.4, 0.5) is 0 Å². The van der Waals surface area contributed by atoms with Gasteiger partial charge in [-0.15, -0.1) is 11.8 Å². The molecule has 0 spiro atoms. The molecule has 116 valence electrons. The van der Waals surface area contributed by atoms with E-state index in [1.165, 1.54) is 11.8 Å². The van der Waals surface area contributed by atoms with Crippen LogP contribution in [0.25, 0.3) is 0 Å². The molecule has 21 heavy (non-hydrogen) atoms. The van der Waals surface area contributed by atoms with E-state index < -0.39 is 0 Å². The Hall–Kier alpha value is -1.73. The third kappa shape index (κ3) is 7.01. The molecule has 0 saturated heterocycles. The Balaban J connectivity index is 2.49. The lowest BCUT2D eigenvalue weighted by atomic mass is 10.3. The highest BCUT2D eigenvalue weighted by Gasteiger charge is 2.14. The molecule has 1 aromatic carbocycles. The fourth-order valence-electron chi connectivity index (χ4n) is 1.62. The number of oxime groups is 1. The second kappa shape index (κ2) is 10.1. The highest BCUT2D eigenvalue weighted by molar-refractivity contribution is 8.00. The van der Waals surface area contributed by atoms with Crippen molar-refractivity contribution in [3.63, 3.8) is 0 Å². The van der Waals surface area contributed by atoms with Crippen LogP contribution in [-0.4, -0.2) is 54.4 Å². The van der Waals surface area contributed by atoms with Crippen LogP contribution in [0.5, 0.6) is 0 Å². The van der Waals surface area contributed by atoms with E-state index >= 15 is 0 Å². The van der Waals surface area contributed by atoms with Crippen LogP contribution in [0.3, 0.4) is 0 Å². The van der Waals surface area contributed by atoms with Gasteiger partial charge in [0, 0.05) is 31.5 Å². The van der Waals surface area contributed by atoms with Gasteiger partial charge in [-0.2, -0.15) is 0 Å². The van der Waals surface area contributed by atoms with E-state index in [0.29, 0.717) is 31.9 Å². The van der Waals surface area contributed by atoms with Gasteiger partial charge in [0.15, 0.2) is 0 Å². The highest BCUT2D eigenvalue weighted by atomic mass is 32.2. The maximum absolute atomic E-state index is 12.2. The first-order chi connectivity index (χ1) is 10.2. The quantitative estimate of drug-likeness (QED) is 0.236. The van der Waals surface area contributed by atoms with Crippen LogP contribution in [-0.2, 0) is 9.53 Å². The van der Waals surface area contributed by atoms with Gasteiger partial charge in [-0.05, 0) is 12.1 Å². The highest BCUT2D eigenvalue weighted by Crippen LogP contribution is 2.17. The lowest BCUT2D eigenvalue weighted by Gasteiger charge is -2.22. The Morgan fingerprint density at radius 1 is 1.38 bits per heavy atom. The SMILES string of the molecule is COCCN(CCC(N)=NO)C(=O)CSc1ccccc1. The van der Waals surface area contributed by atoms with Gasteiger partial charge in [0.1, 0.15) is 5.84 Å². The molecule has 1 aromatic rings. The standard InChI is InChI=1S/C14H21N3O3S/c1-20-10-9-17(8-7-13(15)16-19)14(18)11-21-12-5-3-2-4-6-12/h2-6,19H,7-11H2,1H3,(H2,15,16). The fraction of sp³-hybridized carbons (Fsp3) is 0.429. The molecular formula is C14H21N3O3S. The van der Waals surface area contributed by atoms with Crippen LogP contribution in [0, 0.1) is 0 Å². The first kappa shape index (κ1) is 17.3. The summed E-state index contributed by atoms with van der Waals surface area (Å²) in [4.78, 5) is 14.9. The van der Waals surface area contributed by atoms with Crippen molar-refractivity contribution >= 4 is 23.5 Å². The summed E-state index contributed by atoms with van der Waals surface area (Å²) in [6.45, 7) is 1.36. The second-order valence-electron chi connectivity index (χ2n) is 4.32. The molecule has 0 aliphatic rings. The number of carbonyl (C=O) groups excluding carboxylic acids is 1. The topological polar surface area (TPSA) is 88.2 Å². The normalized spacial score (nSPS) is 11.4. The molecule has 3 N–H and O–H groups in total. The van der Waals surface area contributed by atoms with Crippen molar-refractivity contribution in [3.8, 4) is 0 Å². The minimum Gasteiger partial charge on any atom is -0.409 e. The Labute approximate surface area is 128 Å². The minimum absolute atomic E-state index is 0.00615. The molecule has 0 unspecified atom stereocenters. The molecule has 1 rings (SSSR count). The summed E-state index contributed by atoms with van der Waals surface area (Å²) < 4.78 is 5.01. The summed E-state index contributed by atoms with van der Waals surface area (Å²) in [5.41, 5.74) is 5.44. The molecule has 0 radical (unpaired) electrons. The van der Waals surface area contributed by atoms with Crippen LogP contribution >= 0.6 is 11.8 Å². The van der Waals surface area contributed by atoms with Gasteiger partial charge in [-0.3, -0.25) is 4.79 Å². The number of nitrogens with two attached hydrogens (primary N) is 1. The first-order valence-electron chi connectivity index (χ1n) is 6.58. The Morgan fingerprint density at radius 2 is 2.10 bits per heavy atom. The molecule has 0 aromatic heterocycles. The number of ether oxygens (including phenoxy) is 1. The third-order valence-corrected chi connectivity index (χ3v) is 3.79. The second-order valence-corrected chi connectivity index (χ2v) is 5.37. The molecule has 0 atom stereocenters. The van der Waals surface area contributed by atoms with Crippen molar-refractivity contribution in [1.29, 1.82) is 0 Å². The smallest absolute Gasteiger partial charge is 0.233 e. The van der Waals surface area contributed by atoms with Crippen molar-refractivity contribution in [1.82, 2.24) is 4.90 Å². The number of hydrogen-bond donors (Lipinski definition) is 2. The number of methoxy groups -OCH3 is 1. The number of hydrogen-bond acceptors (Lipinski definition) is 5. The third-order valence-electron chi connectivity index (χ3n) is 2.79. The number of carbonyl (C=O) groups is 1. The predicted molar refractivity (Wildman–Crippen MR) is 83.6 cm³/mol.